The molecule has 0 spiro atoms. The molecule has 1 aliphatic carbocycles. The van der Waals surface area contributed by atoms with Crippen LogP contribution in [0, 0.1) is 0 Å². The average Bonchev–Trinajstić information content (AvgIpc) is 3.42. The minimum Gasteiger partial charge on any atom is -0.394 e. The molecule has 1 aromatic rings. The number of benzene rings is 1. The lowest BCUT2D eigenvalue weighted by atomic mass is 10.00. The molecule has 6 atom stereocenters. The molecule has 3 heterocycles. The number of hydrogen-bond donors (Lipinski definition) is 5. The van der Waals surface area contributed by atoms with Crippen molar-refractivity contribution in [3.63, 3.8) is 0 Å². The van der Waals surface area contributed by atoms with Crippen LogP contribution in [0.3, 0.4) is 0 Å². The summed E-state index contributed by atoms with van der Waals surface area (Å²) >= 11 is 4.89. The predicted molar refractivity (Wildman–Crippen MR) is 115 cm³/mol. The van der Waals surface area contributed by atoms with Crippen LogP contribution in [0.1, 0.15) is 18.4 Å². The lowest BCUT2D eigenvalue weighted by Crippen LogP contribution is -2.56. The molecule has 5 rings (SSSR count). The van der Waals surface area contributed by atoms with E-state index in [0.717, 1.165) is 18.4 Å². The van der Waals surface area contributed by atoms with Gasteiger partial charge in [0.1, 0.15) is 30.4 Å². The van der Waals surface area contributed by atoms with Crippen LogP contribution in [0.4, 0.5) is 0 Å². The molecule has 4 N–H and O–H groups in total. The summed E-state index contributed by atoms with van der Waals surface area (Å²) < 4.78 is 5.80. The van der Waals surface area contributed by atoms with E-state index in [2.05, 4.69) is 15.3 Å². The van der Waals surface area contributed by atoms with E-state index in [1.165, 1.54) is 6.34 Å². The Morgan fingerprint density at radius 1 is 1.20 bits per heavy atom. The number of nitrogens with zero attached hydrogens (tertiary/aromatic N) is 4. The first-order valence-corrected chi connectivity index (χ1v) is 10.6. The molecule has 10 heteroatoms. The maximum atomic E-state index is 10.6. The molecule has 0 bridgehead atoms. The summed E-state index contributed by atoms with van der Waals surface area (Å²) in [4.78, 5) is 14.6. The SMILES string of the molecule is OC[C@H]1O[C@@H](N2C3=NC=NC(S)(Cc4ccccc4)C3=NC2NC2CC2)[C@H](O)[C@@H]1O. The van der Waals surface area contributed by atoms with Crippen LogP contribution in [-0.4, -0.2) is 86.5 Å². The van der Waals surface area contributed by atoms with E-state index in [-0.39, 0.29) is 0 Å². The third-order valence-electron chi connectivity index (χ3n) is 5.85. The molecule has 9 nitrogen and oxygen atoms in total. The monoisotopic (exact) mass is 431 g/mol. The highest BCUT2D eigenvalue weighted by Gasteiger charge is 2.54. The van der Waals surface area contributed by atoms with E-state index >= 15 is 0 Å². The van der Waals surface area contributed by atoms with Gasteiger partial charge in [-0.3, -0.25) is 10.2 Å². The summed E-state index contributed by atoms with van der Waals surface area (Å²) in [6.07, 6.45) is -0.663. The van der Waals surface area contributed by atoms with Crippen LogP contribution < -0.4 is 5.32 Å². The van der Waals surface area contributed by atoms with Gasteiger partial charge in [-0.2, -0.15) is 0 Å². The molecular formula is C20H25N5O4S. The fraction of sp³-hybridized carbons (Fsp3) is 0.550. The molecule has 0 amide bonds. The number of fused-ring (bicyclic) bond motifs is 1. The normalized spacial score (nSPS) is 37.9. The largest absolute Gasteiger partial charge is 0.394 e. The molecule has 2 fully saturated rings. The highest BCUT2D eigenvalue weighted by molar-refractivity contribution is 7.83. The number of nitrogens with one attached hydrogen (secondary N) is 1. The van der Waals surface area contributed by atoms with Gasteiger partial charge in [-0.25, -0.2) is 15.0 Å². The van der Waals surface area contributed by atoms with E-state index < -0.39 is 42.3 Å². The van der Waals surface area contributed by atoms with E-state index in [4.69, 9.17) is 22.4 Å². The second-order valence-corrected chi connectivity index (χ2v) is 8.84. The number of hydrogen-bond acceptors (Lipinski definition) is 10. The fourth-order valence-corrected chi connectivity index (χ4v) is 4.48. The third-order valence-corrected chi connectivity index (χ3v) is 6.33. The molecule has 160 valence electrons. The maximum absolute atomic E-state index is 10.6. The minimum absolute atomic E-state index is 0.323. The molecule has 2 unspecified atom stereocenters. The Morgan fingerprint density at radius 2 is 1.97 bits per heavy atom. The first-order valence-electron chi connectivity index (χ1n) is 10.1. The third kappa shape index (κ3) is 3.47. The zero-order valence-corrected chi connectivity index (χ0v) is 17.1. The van der Waals surface area contributed by atoms with E-state index in [0.29, 0.717) is 24.0 Å². The first-order chi connectivity index (χ1) is 14.5. The van der Waals surface area contributed by atoms with Crippen molar-refractivity contribution in [2.75, 3.05) is 6.61 Å². The van der Waals surface area contributed by atoms with Gasteiger partial charge >= 0.3 is 0 Å². The summed E-state index contributed by atoms with van der Waals surface area (Å²) in [5, 5.41) is 33.8. The number of aliphatic imine (C=N–C) groups is 3. The van der Waals surface area contributed by atoms with Crippen LogP contribution >= 0.6 is 12.6 Å². The number of thiol groups is 1. The number of aliphatic hydroxyl groups is 3. The second-order valence-electron chi connectivity index (χ2n) is 8.10. The molecule has 1 saturated heterocycles. The van der Waals surface area contributed by atoms with E-state index in [1.54, 1.807) is 4.90 Å². The van der Waals surface area contributed by atoms with Gasteiger partial charge in [0, 0.05) is 12.5 Å². The topological polar surface area (TPSA) is 122 Å². The van der Waals surface area contributed by atoms with Crippen LogP contribution in [0.5, 0.6) is 0 Å². The molecule has 1 aromatic carbocycles. The van der Waals surface area contributed by atoms with Gasteiger partial charge in [-0.05, 0) is 18.4 Å². The van der Waals surface area contributed by atoms with Crippen molar-refractivity contribution in [1.29, 1.82) is 0 Å². The molecule has 1 saturated carbocycles. The Bertz CT molecular complexity index is 892. The Balaban J connectivity index is 1.48. The number of aliphatic hydroxyl groups excluding tert-OH is 3. The van der Waals surface area contributed by atoms with Crippen molar-refractivity contribution < 1.29 is 20.1 Å². The van der Waals surface area contributed by atoms with Crippen molar-refractivity contribution in [3.05, 3.63) is 35.9 Å². The van der Waals surface area contributed by atoms with Crippen LogP contribution in [0.2, 0.25) is 0 Å². The standard InChI is InChI=1S/C20H25N5O4S/c26-9-13-14(27)15(28)18(29-13)25-17-16(24-19(25)23-12-6-7-12)20(30,22-10-21-17)8-11-4-2-1-3-5-11/h1-5,10,12-15,18-19,23,26-28,30H,6-9H2/t13-,14-,15-,18-,19?,20?/m1/s1. The fourth-order valence-electron chi connectivity index (χ4n) is 4.09. The lowest BCUT2D eigenvalue weighted by Gasteiger charge is -2.35. The van der Waals surface area contributed by atoms with Gasteiger partial charge in [0.15, 0.2) is 23.2 Å². The number of amidine groups is 1. The van der Waals surface area contributed by atoms with Gasteiger partial charge in [-0.1, -0.05) is 30.3 Å². The molecule has 0 radical (unpaired) electrons. The summed E-state index contributed by atoms with van der Waals surface area (Å²) in [5.74, 6) is 0.504. The summed E-state index contributed by atoms with van der Waals surface area (Å²) in [6.45, 7) is -0.393. The smallest absolute Gasteiger partial charge is 0.180 e. The van der Waals surface area contributed by atoms with E-state index in [9.17, 15) is 15.3 Å². The highest BCUT2D eigenvalue weighted by atomic mass is 32.1. The summed E-state index contributed by atoms with van der Waals surface area (Å²) in [7, 11) is 0. The Labute approximate surface area is 179 Å². The molecule has 3 aliphatic heterocycles. The van der Waals surface area contributed by atoms with Crippen molar-refractivity contribution in [1.82, 2.24) is 10.2 Å². The Morgan fingerprint density at radius 3 is 2.63 bits per heavy atom. The molecule has 30 heavy (non-hydrogen) atoms. The predicted octanol–water partition coefficient (Wildman–Crippen LogP) is -0.473. The molecular weight excluding hydrogens is 406 g/mol. The second kappa shape index (κ2) is 7.70. The quantitative estimate of drug-likeness (QED) is 0.388. The highest BCUT2D eigenvalue weighted by Crippen LogP contribution is 2.36. The van der Waals surface area contributed by atoms with Crippen LogP contribution in [0.25, 0.3) is 0 Å². The van der Waals surface area contributed by atoms with Crippen LogP contribution in [-0.2, 0) is 11.2 Å². The van der Waals surface area contributed by atoms with Gasteiger partial charge in [0.05, 0.1) is 6.61 Å². The Kier molecular flexibility index (Phi) is 5.16. The molecule has 4 aliphatic rings. The minimum atomic E-state index is -1.22. The summed E-state index contributed by atoms with van der Waals surface area (Å²) in [6, 6.07) is 10.2. The lowest BCUT2D eigenvalue weighted by molar-refractivity contribution is -0.0836. The van der Waals surface area contributed by atoms with Gasteiger partial charge in [-0.15, -0.1) is 12.6 Å². The van der Waals surface area contributed by atoms with Crippen molar-refractivity contribution in [3.8, 4) is 0 Å². The zero-order chi connectivity index (χ0) is 20.9. The zero-order valence-electron chi connectivity index (χ0n) is 16.2. The van der Waals surface area contributed by atoms with Gasteiger partial charge < -0.3 is 20.1 Å². The maximum Gasteiger partial charge on any atom is 0.180 e. The summed E-state index contributed by atoms with van der Waals surface area (Å²) in [5.41, 5.74) is 1.65. The first kappa shape index (κ1) is 20.1. The van der Waals surface area contributed by atoms with Gasteiger partial charge in [0.25, 0.3) is 0 Å². The number of ether oxygens (including phenoxy) is 1. The average molecular weight is 432 g/mol. The van der Waals surface area contributed by atoms with Crippen molar-refractivity contribution in [2.45, 2.75) is 61.0 Å². The van der Waals surface area contributed by atoms with Crippen molar-refractivity contribution in [2.24, 2.45) is 15.0 Å². The van der Waals surface area contributed by atoms with Gasteiger partial charge in [0.2, 0.25) is 0 Å². The van der Waals surface area contributed by atoms with E-state index in [1.807, 2.05) is 30.3 Å². The van der Waals surface area contributed by atoms with Crippen molar-refractivity contribution >= 4 is 30.5 Å². The Hall–Kier alpha value is -1.82. The number of rotatable bonds is 6. The van der Waals surface area contributed by atoms with Crippen LogP contribution in [0.15, 0.2) is 45.3 Å². The molecule has 0 aromatic heterocycles.